The number of guanidine groups is 1. The maximum Gasteiger partial charge on any atom is 0.242 e. The first-order chi connectivity index (χ1) is 12.0. The number of hydrogen-bond donors (Lipinski definition) is 1. The molecule has 0 saturated carbocycles. The molecular formula is C18H31N5O2. The third-order valence-corrected chi connectivity index (χ3v) is 3.69. The van der Waals surface area contributed by atoms with Crippen molar-refractivity contribution < 1.29 is 9.53 Å². The van der Waals surface area contributed by atoms with Crippen molar-refractivity contribution in [3.8, 4) is 5.88 Å². The zero-order valence-corrected chi connectivity index (χ0v) is 16.1. The van der Waals surface area contributed by atoms with E-state index < -0.39 is 0 Å². The van der Waals surface area contributed by atoms with Gasteiger partial charge in [-0.2, -0.15) is 0 Å². The van der Waals surface area contributed by atoms with E-state index in [4.69, 9.17) is 4.74 Å². The SMILES string of the molecule is CCNC(=NCc1ccnc(OCC)c1)N(C)CC(=O)N(CC)CC. The fourth-order valence-corrected chi connectivity index (χ4v) is 2.37. The molecule has 1 N–H and O–H groups in total. The van der Waals surface area contributed by atoms with Gasteiger partial charge in [0.1, 0.15) is 0 Å². The molecule has 0 saturated heterocycles. The lowest BCUT2D eigenvalue weighted by molar-refractivity contribution is -0.131. The summed E-state index contributed by atoms with van der Waals surface area (Å²) >= 11 is 0. The molecule has 25 heavy (non-hydrogen) atoms. The minimum atomic E-state index is 0.0978. The standard InChI is InChI=1S/C18H31N5O2/c1-6-19-18(22(5)14-17(24)23(7-2)8-3)21-13-15-10-11-20-16(12-15)25-9-4/h10-12H,6-9,13-14H2,1-5H3,(H,19,21). The number of ether oxygens (including phenoxy) is 1. The highest BCUT2D eigenvalue weighted by Gasteiger charge is 2.15. The molecule has 7 heteroatoms. The van der Waals surface area contributed by atoms with Crippen LogP contribution in [0.2, 0.25) is 0 Å². The Kier molecular flexibility index (Phi) is 9.36. The number of aromatic nitrogens is 1. The van der Waals surface area contributed by atoms with Crippen LogP contribution in [0.3, 0.4) is 0 Å². The maximum atomic E-state index is 12.3. The molecule has 0 aromatic carbocycles. The Balaban J connectivity index is 2.78. The van der Waals surface area contributed by atoms with Gasteiger partial charge >= 0.3 is 0 Å². The van der Waals surface area contributed by atoms with Gasteiger partial charge in [-0.05, 0) is 39.3 Å². The predicted octanol–water partition coefficient (Wildman–Crippen LogP) is 1.75. The molecule has 0 spiro atoms. The van der Waals surface area contributed by atoms with Crippen molar-refractivity contribution in [3.63, 3.8) is 0 Å². The van der Waals surface area contributed by atoms with E-state index in [1.54, 1.807) is 6.20 Å². The second-order valence-corrected chi connectivity index (χ2v) is 5.53. The number of likely N-dealkylation sites (N-methyl/N-ethyl adjacent to an activating group) is 2. The molecule has 0 atom stereocenters. The van der Waals surface area contributed by atoms with Crippen LogP contribution in [0.4, 0.5) is 0 Å². The topological polar surface area (TPSA) is 70.1 Å². The van der Waals surface area contributed by atoms with E-state index in [2.05, 4.69) is 15.3 Å². The van der Waals surface area contributed by atoms with Gasteiger partial charge < -0.3 is 19.9 Å². The van der Waals surface area contributed by atoms with E-state index in [0.29, 0.717) is 44.6 Å². The summed E-state index contributed by atoms with van der Waals surface area (Å²) in [7, 11) is 1.88. The molecule has 0 aliphatic carbocycles. The fourth-order valence-electron chi connectivity index (χ4n) is 2.37. The van der Waals surface area contributed by atoms with Crippen molar-refractivity contribution in [2.24, 2.45) is 4.99 Å². The summed E-state index contributed by atoms with van der Waals surface area (Å²) in [5, 5.41) is 3.23. The van der Waals surface area contributed by atoms with Crippen molar-refractivity contribution in [3.05, 3.63) is 23.9 Å². The monoisotopic (exact) mass is 349 g/mol. The lowest BCUT2D eigenvalue weighted by atomic mass is 10.3. The van der Waals surface area contributed by atoms with Gasteiger partial charge in [0, 0.05) is 38.9 Å². The van der Waals surface area contributed by atoms with Gasteiger partial charge in [-0.15, -0.1) is 0 Å². The van der Waals surface area contributed by atoms with E-state index >= 15 is 0 Å². The number of nitrogens with one attached hydrogen (secondary N) is 1. The number of carbonyl (C=O) groups is 1. The molecule has 0 radical (unpaired) electrons. The van der Waals surface area contributed by atoms with Crippen molar-refractivity contribution in [1.82, 2.24) is 20.1 Å². The molecule has 0 aliphatic rings. The third-order valence-electron chi connectivity index (χ3n) is 3.69. The van der Waals surface area contributed by atoms with Crippen LogP contribution in [-0.2, 0) is 11.3 Å². The fraction of sp³-hybridized carbons (Fsp3) is 0.611. The van der Waals surface area contributed by atoms with Crippen LogP contribution in [0, 0.1) is 0 Å². The number of pyridine rings is 1. The van der Waals surface area contributed by atoms with Crippen LogP contribution >= 0.6 is 0 Å². The van der Waals surface area contributed by atoms with Gasteiger partial charge in [0.2, 0.25) is 11.8 Å². The maximum absolute atomic E-state index is 12.3. The summed E-state index contributed by atoms with van der Waals surface area (Å²) in [4.78, 5) is 24.7. The van der Waals surface area contributed by atoms with E-state index in [1.165, 1.54) is 0 Å². The van der Waals surface area contributed by atoms with Crippen molar-refractivity contribution in [2.45, 2.75) is 34.2 Å². The summed E-state index contributed by atoms with van der Waals surface area (Å²) in [6, 6.07) is 3.80. The zero-order valence-electron chi connectivity index (χ0n) is 16.1. The van der Waals surface area contributed by atoms with Gasteiger partial charge in [0.25, 0.3) is 0 Å². The molecule has 1 aromatic rings. The molecular weight excluding hydrogens is 318 g/mol. The minimum absolute atomic E-state index is 0.0978. The molecule has 1 aromatic heterocycles. The summed E-state index contributed by atoms with van der Waals surface area (Å²) in [5.74, 6) is 1.41. The first-order valence-electron chi connectivity index (χ1n) is 8.90. The van der Waals surface area contributed by atoms with Crippen LogP contribution in [0.5, 0.6) is 5.88 Å². The molecule has 0 aliphatic heterocycles. The van der Waals surface area contributed by atoms with Gasteiger partial charge in [-0.1, -0.05) is 0 Å². The van der Waals surface area contributed by atoms with Gasteiger partial charge in [-0.3, -0.25) is 4.79 Å². The largest absolute Gasteiger partial charge is 0.478 e. The average Bonchev–Trinajstić information content (AvgIpc) is 2.60. The van der Waals surface area contributed by atoms with Crippen molar-refractivity contribution in [1.29, 1.82) is 0 Å². The summed E-state index contributed by atoms with van der Waals surface area (Å²) in [6.45, 7) is 11.5. The Morgan fingerprint density at radius 3 is 2.60 bits per heavy atom. The van der Waals surface area contributed by atoms with Gasteiger partial charge in [0.05, 0.1) is 19.7 Å². The van der Waals surface area contributed by atoms with Gasteiger partial charge in [-0.25, -0.2) is 9.98 Å². The highest BCUT2D eigenvalue weighted by atomic mass is 16.5. The van der Waals surface area contributed by atoms with Crippen molar-refractivity contribution >= 4 is 11.9 Å². The molecule has 1 heterocycles. The molecule has 7 nitrogen and oxygen atoms in total. The van der Waals surface area contributed by atoms with Gasteiger partial charge in [0.15, 0.2) is 5.96 Å². The lowest BCUT2D eigenvalue weighted by Gasteiger charge is -2.25. The normalized spacial score (nSPS) is 11.2. The zero-order chi connectivity index (χ0) is 18.7. The number of aliphatic imine (C=N–C) groups is 1. The highest BCUT2D eigenvalue weighted by molar-refractivity contribution is 5.86. The predicted molar refractivity (Wildman–Crippen MR) is 101 cm³/mol. The van der Waals surface area contributed by atoms with E-state index in [0.717, 1.165) is 12.1 Å². The van der Waals surface area contributed by atoms with Crippen LogP contribution in [0.1, 0.15) is 33.3 Å². The van der Waals surface area contributed by atoms with E-state index in [9.17, 15) is 4.79 Å². The smallest absolute Gasteiger partial charge is 0.242 e. The lowest BCUT2D eigenvalue weighted by Crippen LogP contribution is -2.45. The van der Waals surface area contributed by atoms with E-state index in [1.807, 2.05) is 56.7 Å². The molecule has 1 amide bonds. The Morgan fingerprint density at radius 1 is 1.28 bits per heavy atom. The molecule has 0 bridgehead atoms. The van der Waals surface area contributed by atoms with E-state index in [-0.39, 0.29) is 5.91 Å². The molecule has 1 rings (SSSR count). The van der Waals surface area contributed by atoms with Crippen LogP contribution in [0.25, 0.3) is 0 Å². The Bertz CT molecular complexity index is 558. The number of carbonyl (C=O) groups excluding carboxylic acids is 1. The quantitative estimate of drug-likeness (QED) is 0.543. The second-order valence-electron chi connectivity index (χ2n) is 5.53. The minimum Gasteiger partial charge on any atom is -0.478 e. The summed E-state index contributed by atoms with van der Waals surface area (Å²) < 4.78 is 5.42. The Hall–Kier alpha value is -2.31. The second kappa shape index (κ2) is 11.3. The summed E-state index contributed by atoms with van der Waals surface area (Å²) in [6.07, 6.45) is 1.72. The molecule has 0 fully saturated rings. The molecule has 140 valence electrons. The number of amides is 1. The summed E-state index contributed by atoms with van der Waals surface area (Å²) in [5.41, 5.74) is 1.01. The van der Waals surface area contributed by atoms with Crippen molar-refractivity contribution in [2.75, 3.05) is 39.8 Å². The number of rotatable bonds is 9. The average molecular weight is 349 g/mol. The molecule has 0 unspecified atom stereocenters. The number of nitrogens with zero attached hydrogens (tertiary/aromatic N) is 4. The Labute approximate surface area is 151 Å². The third kappa shape index (κ3) is 6.99. The first kappa shape index (κ1) is 20.7. The number of hydrogen-bond acceptors (Lipinski definition) is 4. The van der Waals surface area contributed by atoms with Crippen LogP contribution in [0.15, 0.2) is 23.3 Å². The first-order valence-corrected chi connectivity index (χ1v) is 8.90. The van der Waals surface area contributed by atoms with Crippen LogP contribution in [-0.4, -0.2) is 66.5 Å². The highest BCUT2D eigenvalue weighted by Crippen LogP contribution is 2.10. The van der Waals surface area contributed by atoms with Crippen LogP contribution < -0.4 is 10.1 Å². The Morgan fingerprint density at radius 2 is 2.00 bits per heavy atom.